The SMILES string of the molecule is CCCn1nnnc1CNc1ccc(C(=O)N(C)C)c(C)c1. The second-order valence-corrected chi connectivity index (χ2v) is 5.40. The molecule has 0 radical (unpaired) electrons. The molecule has 1 N–H and O–H groups in total. The maximum Gasteiger partial charge on any atom is 0.253 e. The quantitative estimate of drug-likeness (QED) is 0.879. The van der Waals surface area contributed by atoms with Crippen LogP contribution in [-0.4, -0.2) is 45.1 Å². The minimum absolute atomic E-state index is 0.0101. The van der Waals surface area contributed by atoms with Gasteiger partial charge in [-0.15, -0.1) is 5.10 Å². The first-order valence-corrected chi connectivity index (χ1v) is 7.34. The molecule has 7 nitrogen and oxygen atoms in total. The zero-order valence-corrected chi connectivity index (χ0v) is 13.5. The lowest BCUT2D eigenvalue weighted by Gasteiger charge is -2.14. The second kappa shape index (κ2) is 7.02. The van der Waals surface area contributed by atoms with Crippen LogP contribution in [0.1, 0.15) is 35.1 Å². The fourth-order valence-electron chi connectivity index (χ4n) is 2.17. The van der Waals surface area contributed by atoms with Gasteiger partial charge in [0, 0.05) is 31.9 Å². The van der Waals surface area contributed by atoms with Crippen LogP contribution in [0.2, 0.25) is 0 Å². The van der Waals surface area contributed by atoms with Crippen LogP contribution in [0.15, 0.2) is 18.2 Å². The maximum atomic E-state index is 12.0. The molecule has 0 spiro atoms. The maximum absolute atomic E-state index is 12.0. The number of carbonyl (C=O) groups excluding carboxylic acids is 1. The number of hydrogen-bond donors (Lipinski definition) is 1. The van der Waals surface area contributed by atoms with Gasteiger partial charge in [-0.25, -0.2) is 4.68 Å². The summed E-state index contributed by atoms with van der Waals surface area (Å²) in [5.74, 6) is 0.809. The number of nitrogens with one attached hydrogen (secondary N) is 1. The van der Waals surface area contributed by atoms with Crippen LogP contribution >= 0.6 is 0 Å². The Balaban J connectivity index is 2.06. The van der Waals surface area contributed by atoms with Crippen LogP contribution in [0.3, 0.4) is 0 Å². The Kier molecular flexibility index (Phi) is 5.08. The predicted molar refractivity (Wildman–Crippen MR) is 84.6 cm³/mol. The topological polar surface area (TPSA) is 75.9 Å². The highest BCUT2D eigenvalue weighted by Gasteiger charge is 2.11. The van der Waals surface area contributed by atoms with E-state index in [9.17, 15) is 4.79 Å². The van der Waals surface area contributed by atoms with E-state index >= 15 is 0 Å². The molecule has 1 amide bonds. The van der Waals surface area contributed by atoms with Gasteiger partial charge < -0.3 is 10.2 Å². The van der Waals surface area contributed by atoms with E-state index in [2.05, 4.69) is 27.8 Å². The average Bonchev–Trinajstić information content (AvgIpc) is 2.92. The van der Waals surface area contributed by atoms with Crippen LogP contribution in [0.5, 0.6) is 0 Å². The van der Waals surface area contributed by atoms with Crippen molar-refractivity contribution in [3.8, 4) is 0 Å². The van der Waals surface area contributed by atoms with Gasteiger partial charge in [-0.3, -0.25) is 4.79 Å². The zero-order valence-electron chi connectivity index (χ0n) is 13.5. The van der Waals surface area contributed by atoms with Gasteiger partial charge in [0.1, 0.15) is 0 Å². The zero-order chi connectivity index (χ0) is 16.1. The van der Waals surface area contributed by atoms with Crippen LogP contribution < -0.4 is 5.32 Å². The van der Waals surface area contributed by atoms with Crippen molar-refractivity contribution in [3.05, 3.63) is 35.2 Å². The molecule has 0 fully saturated rings. The van der Waals surface area contributed by atoms with E-state index in [0.29, 0.717) is 12.1 Å². The predicted octanol–water partition coefficient (Wildman–Crippen LogP) is 1.71. The largest absolute Gasteiger partial charge is 0.378 e. The molecule has 0 aliphatic carbocycles. The average molecular weight is 302 g/mol. The lowest BCUT2D eigenvalue weighted by atomic mass is 10.1. The van der Waals surface area contributed by atoms with E-state index in [1.807, 2.05) is 25.1 Å². The molecular weight excluding hydrogens is 280 g/mol. The first kappa shape index (κ1) is 15.9. The molecule has 1 aromatic carbocycles. The molecule has 0 aliphatic heterocycles. The molecule has 7 heteroatoms. The number of anilines is 1. The summed E-state index contributed by atoms with van der Waals surface area (Å²) < 4.78 is 1.80. The van der Waals surface area contributed by atoms with Crippen molar-refractivity contribution in [2.24, 2.45) is 0 Å². The third-order valence-electron chi connectivity index (χ3n) is 3.36. The van der Waals surface area contributed by atoms with E-state index in [4.69, 9.17) is 0 Å². The molecule has 2 aromatic rings. The third-order valence-corrected chi connectivity index (χ3v) is 3.36. The first-order valence-electron chi connectivity index (χ1n) is 7.34. The molecule has 0 saturated carbocycles. The number of carbonyl (C=O) groups is 1. The molecule has 0 atom stereocenters. The van der Waals surface area contributed by atoms with Crippen molar-refractivity contribution in [2.45, 2.75) is 33.4 Å². The summed E-state index contributed by atoms with van der Waals surface area (Å²) in [7, 11) is 3.50. The highest BCUT2D eigenvalue weighted by Crippen LogP contribution is 2.17. The van der Waals surface area contributed by atoms with Crippen molar-refractivity contribution in [2.75, 3.05) is 19.4 Å². The fourth-order valence-corrected chi connectivity index (χ4v) is 2.17. The molecule has 118 valence electrons. The van der Waals surface area contributed by atoms with Gasteiger partial charge in [0.15, 0.2) is 5.82 Å². The van der Waals surface area contributed by atoms with E-state index in [1.165, 1.54) is 0 Å². The summed E-state index contributed by atoms with van der Waals surface area (Å²) in [6, 6.07) is 5.71. The molecule has 0 saturated heterocycles. The Bertz CT molecular complexity index is 649. The van der Waals surface area contributed by atoms with Gasteiger partial charge in [0.2, 0.25) is 0 Å². The Labute approximate surface area is 130 Å². The van der Waals surface area contributed by atoms with E-state index in [-0.39, 0.29) is 5.91 Å². The summed E-state index contributed by atoms with van der Waals surface area (Å²) in [5.41, 5.74) is 2.60. The first-order chi connectivity index (χ1) is 10.5. The molecule has 0 aliphatic rings. The van der Waals surface area contributed by atoms with Crippen LogP contribution in [-0.2, 0) is 13.1 Å². The van der Waals surface area contributed by atoms with Crippen molar-refractivity contribution in [1.82, 2.24) is 25.1 Å². The van der Waals surface area contributed by atoms with E-state index < -0.39 is 0 Å². The number of nitrogens with zero attached hydrogens (tertiary/aromatic N) is 5. The monoisotopic (exact) mass is 302 g/mol. The molecular formula is C15H22N6O. The number of hydrogen-bond acceptors (Lipinski definition) is 5. The molecule has 1 aromatic heterocycles. The molecule has 1 heterocycles. The number of rotatable bonds is 6. The van der Waals surface area contributed by atoms with Gasteiger partial charge in [0.25, 0.3) is 5.91 Å². The van der Waals surface area contributed by atoms with Crippen molar-refractivity contribution in [1.29, 1.82) is 0 Å². The van der Waals surface area contributed by atoms with Crippen LogP contribution in [0.25, 0.3) is 0 Å². The van der Waals surface area contributed by atoms with Gasteiger partial charge in [-0.05, 0) is 47.5 Å². The van der Waals surface area contributed by atoms with E-state index in [0.717, 1.165) is 30.0 Å². The van der Waals surface area contributed by atoms with Crippen molar-refractivity contribution >= 4 is 11.6 Å². The molecule has 2 rings (SSSR count). The molecule has 0 bridgehead atoms. The van der Waals surface area contributed by atoms with Crippen LogP contribution in [0.4, 0.5) is 5.69 Å². The number of aromatic nitrogens is 4. The third kappa shape index (κ3) is 3.60. The lowest BCUT2D eigenvalue weighted by molar-refractivity contribution is 0.0827. The number of amides is 1. The normalized spacial score (nSPS) is 10.5. The van der Waals surface area contributed by atoms with Crippen LogP contribution in [0, 0.1) is 6.92 Å². The summed E-state index contributed by atoms with van der Waals surface area (Å²) in [5, 5.41) is 15.0. The van der Waals surface area contributed by atoms with Crippen molar-refractivity contribution < 1.29 is 4.79 Å². The molecule has 0 unspecified atom stereocenters. The number of benzene rings is 1. The number of aryl methyl sites for hydroxylation is 2. The Morgan fingerprint density at radius 1 is 1.36 bits per heavy atom. The summed E-state index contributed by atoms with van der Waals surface area (Å²) >= 11 is 0. The van der Waals surface area contributed by atoms with Crippen molar-refractivity contribution in [3.63, 3.8) is 0 Å². The summed E-state index contributed by atoms with van der Waals surface area (Å²) in [6.45, 7) is 5.37. The van der Waals surface area contributed by atoms with Gasteiger partial charge in [-0.2, -0.15) is 0 Å². The highest BCUT2D eigenvalue weighted by molar-refractivity contribution is 5.95. The Morgan fingerprint density at radius 3 is 2.77 bits per heavy atom. The summed E-state index contributed by atoms with van der Waals surface area (Å²) in [4.78, 5) is 13.6. The number of tetrazole rings is 1. The minimum atomic E-state index is 0.0101. The smallest absolute Gasteiger partial charge is 0.253 e. The Hall–Kier alpha value is -2.44. The van der Waals surface area contributed by atoms with Gasteiger partial charge in [0.05, 0.1) is 6.54 Å². The van der Waals surface area contributed by atoms with Gasteiger partial charge >= 0.3 is 0 Å². The van der Waals surface area contributed by atoms with E-state index in [1.54, 1.807) is 23.7 Å². The summed E-state index contributed by atoms with van der Waals surface area (Å²) in [6.07, 6.45) is 0.985. The standard InChI is InChI=1S/C15H22N6O/c1-5-8-21-14(17-18-19-21)10-16-12-6-7-13(11(2)9-12)15(22)20(3)4/h6-7,9,16H,5,8,10H2,1-4H3. The highest BCUT2D eigenvalue weighted by atomic mass is 16.2. The lowest BCUT2D eigenvalue weighted by Crippen LogP contribution is -2.22. The second-order valence-electron chi connectivity index (χ2n) is 5.40. The Morgan fingerprint density at radius 2 is 2.14 bits per heavy atom. The fraction of sp³-hybridized carbons (Fsp3) is 0.467. The van der Waals surface area contributed by atoms with Gasteiger partial charge in [-0.1, -0.05) is 6.92 Å². The molecule has 22 heavy (non-hydrogen) atoms. The minimum Gasteiger partial charge on any atom is -0.378 e.